The minimum atomic E-state index is -4.54. The molecule has 8 atom stereocenters. The van der Waals surface area contributed by atoms with E-state index in [4.69, 9.17) is 24.3 Å². The molecule has 2 fully saturated rings. The van der Waals surface area contributed by atoms with Crippen molar-refractivity contribution in [1.29, 1.82) is 0 Å². The second kappa shape index (κ2) is 10.4. The average Bonchev–Trinajstić information content (AvgIpc) is 3.68. The van der Waals surface area contributed by atoms with E-state index in [1.165, 1.54) is 0 Å². The lowest BCUT2D eigenvalue weighted by molar-refractivity contribution is -0.125. The predicted molar refractivity (Wildman–Crippen MR) is 143 cm³/mol. The van der Waals surface area contributed by atoms with Gasteiger partial charge in [0.05, 0.1) is 25.9 Å². The van der Waals surface area contributed by atoms with Crippen molar-refractivity contribution >= 4 is 47.3 Å². The number of nitrogens with two attached hydrogens (primary N) is 1. The highest BCUT2D eigenvalue weighted by Crippen LogP contribution is 2.58. The lowest BCUT2D eigenvalue weighted by Crippen LogP contribution is -2.54. The maximum absolute atomic E-state index is 16.3. The molecule has 0 aromatic carbocycles. The molecule has 18 nitrogen and oxygen atoms in total. The third-order valence-electron chi connectivity index (χ3n) is 7.41. The summed E-state index contributed by atoms with van der Waals surface area (Å²) >= 11 is 3.91. The third-order valence-corrected chi connectivity index (χ3v) is 9.03. The minimum Gasteiger partial charge on any atom is -0.394 e. The van der Waals surface area contributed by atoms with E-state index < -0.39 is 79.8 Å². The van der Waals surface area contributed by atoms with Gasteiger partial charge < -0.3 is 30.4 Å². The van der Waals surface area contributed by atoms with Crippen LogP contribution in [0.3, 0.4) is 0 Å². The number of alkyl halides is 2. The molecule has 2 aliphatic heterocycles. The zero-order valence-electron chi connectivity index (χ0n) is 21.9. The second-order valence-corrected chi connectivity index (χ2v) is 12.9. The summed E-state index contributed by atoms with van der Waals surface area (Å²) in [5.41, 5.74) is 1.33. The summed E-state index contributed by atoms with van der Waals surface area (Å²) in [5, 5.41) is 20.8. The summed E-state index contributed by atoms with van der Waals surface area (Å²) < 4.78 is 68.6. The SMILES string of the molecule is C[C@@]1(O)[C@@H](CO[P@@](=O)(S)O[C@@H]2[C@@H](F)[C@@H](CO)O[C@H]2n2cnc3c(=O)[nH]c(N)nc32)OCC1(F)n1cnc2c(=O)[nH]cnc21. The molecule has 2 saturated heterocycles. The maximum Gasteiger partial charge on any atom is 0.386 e. The van der Waals surface area contributed by atoms with Gasteiger partial charge in [0, 0.05) is 0 Å². The predicted octanol–water partition coefficient (Wildman–Crippen LogP) is -0.725. The van der Waals surface area contributed by atoms with Crippen molar-refractivity contribution in [2.45, 2.75) is 49.0 Å². The molecule has 4 aromatic heterocycles. The molecule has 43 heavy (non-hydrogen) atoms. The highest BCUT2D eigenvalue weighted by Gasteiger charge is 2.62. The Kier molecular flexibility index (Phi) is 7.20. The van der Waals surface area contributed by atoms with Crippen LogP contribution in [0.5, 0.6) is 0 Å². The van der Waals surface area contributed by atoms with Crippen molar-refractivity contribution in [1.82, 2.24) is 39.0 Å². The van der Waals surface area contributed by atoms with E-state index >= 15 is 8.78 Å². The molecule has 0 aliphatic carbocycles. The largest absolute Gasteiger partial charge is 0.394 e. The molecule has 6 rings (SSSR count). The fraction of sp³-hybridized carbons (Fsp3) is 0.524. The molecule has 6 N–H and O–H groups in total. The van der Waals surface area contributed by atoms with Gasteiger partial charge in [-0.25, -0.2) is 28.3 Å². The Morgan fingerprint density at radius 2 is 1.98 bits per heavy atom. The number of rotatable bonds is 8. The monoisotopic (exact) mass is 647 g/mol. The quantitative estimate of drug-likeness (QED) is 0.102. The molecule has 0 bridgehead atoms. The van der Waals surface area contributed by atoms with Crippen LogP contribution in [-0.4, -0.2) is 99.2 Å². The topological polar surface area (TPSA) is 248 Å². The number of hydrogen-bond acceptors (Lipinski definition) is 14. The Labute approximate surface area is 242 Å². The molecule has 1 unspecified atom stereocenters. The first-order valence-corrected chi connectivity index (χ1v) is 15.2. The Morgan fingerprint density at radius 3 is 2.72 bits per heavy atom. The smallest absolute Gasteiger partial charge is 0.386 e. The van der Waals surface area contributed by atoms with Crippen LogP contribution in [0.1, 0.15) is 13.2 Å². The number of nitrogen functional groups attached to an aromatic ring is 1. The zero-order valence-corrected chi connectivity index (χ0v) is 23.7. The van der Waals surface area contributed by atoms with E-state index in [1.807, 2.05) is 0 Å². The van der Waals surface area contributed by atoms with Crippen LogP contribution in [0, 0.1) is 0 Å². The molecule has 0 spiro atoms. The van der Waals surface area contributed by atoms with Crippen LogP contribution in [0.25, 0.3) is 22.3 Å². The molecule has 0 radical (unpaired) electrons. The number of aromatic amines is 2. The van der Waals surface area contributed by atoms with Gasteiger partial charge in [0.2, 0.25) is 11.7 Å². The van der Waals surface area contributed by atoms with E-state index in [1.54, 1.807) is 0 Å². The van der Waals surface area contributed by atoms with E-state index in [-0.39, 0.29) is 28.3 Å². The molecular weight excluding hydrogens is 623 g/mol. The summed E-state index contributed by atoms with van der Waals surface area (Å²) in [7, 11) is 0. The van der Waals surface area contributed by atoms with Crippen molar-refractivity contribution in [3.8, 4) is 0 Å². The fourth-order valence-electron chi connectivity index (χ4n) is 5.05. The number of aromatic nitrogens is 8. The number of H-pyrrole nitrogens is 2. The third kappa shape index (κ3) is 4.75. The van der Waals surface area contributed by atoms with Crippen LogP contribution >= 0.6 is 19.0 Å². The summed E-state index contributed by atoms with van der Waals surface area (Å²) in [5.74, 6) is -2.97. The fourth-order valence-corrected chi connectivity index (χ4v) is 6.49. The van der Waals surface area contributed by atoms with Gasteiger partial charge in [0.25, 0.3) is 11.1 Å². The molecule has 0 saturated carbocycles. The van der Waals surface area contributed by atoms with Crippen LogP contribution in [0.4, 0.5) is 14.7 Å². The van der Waals surface area contributed by atoms with Gasteiger partial charge in [-0.3, -0.25) is 32.8 Å². The van der Waals surface area contributed by atoms with Gasteiger partial charge in [0.1, 0.15) is 36.8 Å². The number of halogens is 2. The number of imidazole rings is 2. The van der Waals surface area contributed by atoms with Crippen LogP contribution in [0.15, 0.2) is 28.6 Å². The van der Waals surface area contributed by atoms with Crippen LogP contribution < -0.4 is 16.9 Å². The molecular formula is C21H24F2N9O9PS. The van der Waals surface area contributed by atoms with Crippen molar-refractivity contribution in [3.63, 3.8) is 0 Å². The normalized spacial score (nSPS) is 32.6. The lowest BCUT2D eigenvalue weighted by atomic mass is 9.91. The summed E-state index contributed by atoms with van der Waals surface area (Å²) in [6, 6.07) is 0. The van der Waals surface area contributed by atoms with E-state index in [2.05, 4.69) is 42.2 Å². The maximum atomic E-state index is 16.3. The first-order valence-electron chi connectivity index (χ1n) is 12.5. The van der Waals surface area contributed by atoms with Gasteiger partial charge in [0.15, 0.2) is 34.7 Å². The van der Waals surface area contributed by atoms with Crippen molar-refractivity contribution < 1.29 is 42.1 Å². The molecule has 6 heterocycles. The van der Waals surface area contributed by atoms with Crippen LogP contribution in [0.2, 0.25) is 0 Å². The van der Waals surface area contributed by atoms with E-state index in [0.29, 0.717) is 0 Å². The molecule has 22 heteroatoms. The zero-order chi connectivity index (χ0) is 30.9. The van der Waals surface area contributed by atoms with Gasteiger partial charge in [-0.2, -0.15) is 4.98 Å². The minimum absolute atomic E-state index is 0.112. The Hall–Kier alpha value is -3.30. The first kappa shape index (κ1) is 29.8. The second-order valence-electron chi connectivity index (χ2n) is 10.0. The first-order chi connectivity index (χ1) is 20.3. The highest BCUT2D eigenvalue weighted by atomic mass is 32.7. The van der Waals surface area contributed by atoms with Gasteiger partial charge >= 0.3 is 6.80 Å². The highest BCUT2D eigenvalue weighted by molar-refractivity contribution is 8.44. The Morgan fingerprint density at radius 1 is 1.26 bits per heavy atom. The Balaban J connectivity index is 1.22. The molecule has 0 amide bonds. The molecule has 4 aromatic rings. The van der Waals surface area contributed by atoms with Gasteiger partial charge in [-0.05, 0) is 6.92 Å². The van der Waals surface area contributed by atoms with Crippen molar-refractivity contribution in [3.05, 3.63) is 39.7 Å². The molecule has 2 aliphatic rings. The molecule has 232 valence electrons. The summed E-state index contributed by atoms with van der Waals surface area (Å²) in [6.45, 7) is -5.73. The number of nitrogens with zero attached hydrogens (tertiary/aromatic N) is 6. The number of fused-ring (bicyclic) bond motifs is 2. The number of hydrogen-bond donors (Lipinski definition) is 6. The number of aliphatic hydroxyl groups is 2. The van der Waals surface area contributed by atoms with Gasteiger partial charge in [-0.1, -0.05) is 12.2 Å². The number of ether oxygens (including phenoxy) is 2. The number of aliphatic hydroxyl groups excluding tert-OH is 1. The van der Waals surface area contributed by atoms with Gasteiger partial charge in [-0.15, -0.1) is 0 Å². The van der Waals surface area contributed by atoms with Crippen molar-refractivity contribution in [2.24, 2.45) is 0 Å². The van der Waals surface area contributed by atoms with Crippen molar-refractivity contribution in [2.75, 3.05) is 25.6 Å². The standard InChI is InChI=1S/C21H24F2N9O9PS/c1-20(36)9(38-4-21(20,23)32-7-28-11-14(32)25-5-26-16(11)34)3-39-42(37,43)41-13-10(22)8(2-33)40-18(13)31-6-27-12-15(31)29-19(24)30-17(12)35/h5-10,13,18,33,36H,2-4H2,1H3,(H,37,43)(H,25,26,34)(H3,24,29,30,35)/t8-,9-,10+,13-,18-,20-,21?,42-/m1/s1. The number of thiol groups is 1. The van der Waals surface area contributed by atoms with E-state index in [9.17, 15) is 24.4 Å². The number of anilines is 1. The lowest BCUT2D eigenvalue weighted by Gasteiger charge is -2.35. The number of nitrogens with one attached hydrogen (secondary N) is 2. The van der Waals surface area contributed by atoms with E-state index in [0.717, 1.165) is 35.0 Å². The average molecular weight is 648 g/mol. The summed E-state index contributed by atoms with van der Waals surface area (Å²) in [4.78, 5) is 44.5. The Bertz CT molecular complexity index is 1870. The van der Waals surface area contributed by atoms with Crippen LogP contribution in [-0.2, 0) is 28.9 Å². The summed E-state index contributed by atoms with van der Waals surface area (Å²) in [6.07, 6.45) is -5.09.